The van der Waals surface area contributed by atoms with E-state index in [0.717, 1.165) is 0 Å². The van der Waals surface area contributed by atoms with E-state index in [1.54, 1.807) is 12.1 Å². The number of aromatic nitrogens is 1. The molecule has 0 amide bonds. The number of alkyl halides is 3. The zero-order valence-electron chi connectivity index (χ0n) is 9.41. The van der Waals surface area contributed by atoms with Gasteiger partial charge in [0.2, 0.25) is 0 Å². The number of oxime groups is 1. The molecule has 100 valence electrons. The lowest BCUT2D eigenvalue weighted by Gasteiger charge is -2.09. The molecular weight excluding hydrogens is 249 g/mol. The van der Waals surface area contributed by atoms with Gasteiger partial charge in [-0.15, -0.1) is 0 Å². The monoisotopic (exact) mass is 262 g/mol. The summed E-state index contributed by atoms with van der Waals surface area (Å²) in [5.41, 5.74) is 6.21. The molecule has 0 atom stereocenters. The third-order valence-corrected chi connectivity index (χ3v) is 2.14. The fraction of sp³-hybridized carbons (Fsp3) is 0.400. The summed E-state index contributed by atoms with van der Waals surface area (Å²) in [5.74, 6) is -0.178. The first-order valence-electron chi connectivity index (χ1n) is 5.13. The second kappa shape index (κ2) is 6.20. The van der Waals surface area contributed by atoms with Crippen molar-refractivity contribution < 1.29 is 18.4 Å². The van der Waals surface area contributed by atoms with Crippen molar-refractivity contribution >= 4 is 5.84 Å². The maximum absolute atomic E-state index is 11.9. The van der Waals surface area contributed by atoms with Gasteiger partial charge in [0.1, 0.15) is 5.69 Å². The minimum absolute atomic E-state index is 0.162. The van der Waals surface area contributed by atoms with E-state index in [0.29, 0.717) is 5.56 Å². The maximum atomic E-state index is 11.9. The third-order valence-electron chi connectivity index (χ3n) is 2.14. The highest BCUT2D eigenvalue weighted by atomic mass is 19.4. The summed E-state index contributed by atoms with van der Waals surface area (Å²) in [6.45, 7) is -0.0382. The fourth-order valence-corrected chi connectivity index (χ4v) is 1.31. The third kappa shape index (κ3) is 4.58. The van der Waals surface area contributed by atoms with Gasteiger partial charge >= 0.3 is 6.18 Å². The standard InChI is InChI=1S/C10H13F3N4O/c11-10(12,13)3-5-15-6-7-2-1-4-16-8(7)9(14)17-18/h1-2,4,15,18H,3,5-6H2,(H2,14,17). The molecule has 0 radical (unpaired) electrons. The van der Waals surface area contributed by atoms with Crippen LogP contribution in [0.1, 0.15) is 17.7 Å². The van der Waals surface area contributed by atoms with Gasteiger partial charge in [0.05, 0.1) is 6.42 Å². The molecular formula is C10H13F3N4O. The molecule has 0 bridgehead atoms. The zero-order chi connectivity index (χ0) is 13.6. The van der Waals surface area contributed by atoms with Crippen LogP contribution in [0, 0.1) is 0 Å². The van der Waals surface area contributed by atoms with Gasteiger partial charge in [-0.2, -0.15) is 13.2 Å². The predicted octanol–water partition coefficient (Wildman–Crippen LogP) is 1.22. The topological polar surface area (TPSA) is 83.5 Å². The van der Waals surface area contributed by atoms with Crippen molar-refractivity contribution in [2.45, 2.75) is 19.1 Å². The Morgan fingerprint density at radius 3 is 2.83 bits per heavy atom. The van der Waals surface area contributed by atoms with Crippen LogP contribution in [0.15, 0.2) is 23.5 Å². The molecule has 1 rings (SSSR count). The van der Waals surface area contributed by atoms with Crippen LogP contribution in [0.3, 0.4) is 0 Å². The number of halogens is 3. The van der Waals surface area contributed by atoms with Crippen molar-refractivity contribution in [1.29, 1.82) is 0 Å². The molecule has 0 spiro atoms. The predicted molar refractivity (Wildman–Crippen MR) is 59.1 cm³/mol. The van der Waals surface area contributed by atoms with Gasteiger partial charge in [-0.3, -0.25) is 4.98 Å². The Balaban J connectivity index is 2.57. The van der Waals surface area contributed by atoms with E-state index < -0.39 is 12.6 Å². The Hall–Kier alpha value is -1.83. The summed E-state index contributed by atoms with van der Waals surface area (Å²) in [4.78, 5) is 3.90. The van der Waals surface area contributed by atoms with Crippen molar-refractivity contribution in [3.05, 3.63) is 29.6 Å². The first-order chi connectivity index (χ1) is 8.44. The number of hydrogen-bond acceptors (Lipinski definition) is 4. The summed E-state index contributed by atoms with van der Waals surface area (Å²) in [5, 5.41) is 14.0. The first kappa shape index (κ1) is 14.2. The Morgan fingerprint density at radius 2 is 2.22 bits per heavy atom. The maximum Gasteiger partial charge on any atom is 0.390 e. The minimum Gasteiger partial charge on any atom is -0.409 e. The van der Waals surface area contributed by atoms with Crippen LogP contribution in [0.4, 0.5) is 13.2 Å². The molecule has 18 heavy (non-hydrogen) atoms. The van der Waals surface area contributed by atoms with Crippen molar-refractivity contribution in [2.24, 2.45) is 10.9 Å². The number of nitrogens with one attached hydrogen (secondary N) is 1. The highest BCUT2D eigenvalue weighted by Crippen LogP contribution is 2.18. The zero-order valence-corrected chi connectivity index (χ0v) is 9.41. The van der Waals surface area contributed by atoms with Crippen LogP contribution in [-0.2, 0) is 6.54 Å². The number of nitrogens with zero attached hydrogens (tertiary/aromatic N) is 2. The molecule has 0 unspecified atom stereocenters. The lowest BCUT2D eigenvalue weighted by molar-refractivity contribution is -0.133. The molecule has 5 nitrogen and oxygen atoms in total. The van der Waals surface area contributed by atoms with E-state index in [1.165, 1.54) is 6.20 Å². The van der Waals surface area contributed by atoms with Crippen LogP contribution >= 0.6 is 0 Å². The highest BCUT2D eigenvalue weighted by Gasteiger charge is 2.25. The molecule has 0 fully saturated rings. The Bertz CT molecular complexity index is 420. The van der Waals surface area contributed by atoms with Crippen molar-refractivity contribution in [3.63, 3.8) is 0 Å². The van der Waals surface area contributed by atoms with Crippen LogP contribution in [0.2, 0.25) is 0 Å². The summed E-state index contributed by atoms with van der Waals surface area (Å²) in [6, 6.07) is 3.26. The van der Waals surface area contributed by atoms with Gasteiger partial charge in [-0.05, 0) is 11.6 Å². The molecule has 1 aromatic heterocycles. The van der Waals surface area contributed by atoms with E-state index in [1.807, 2.05) is 0 Å². The molecule has 4 N–H and O–H groups in total. The number of rotatable bonds is 5. The molecule has 1 heterocycles. The second-order valence-electron chi connectivity index (χ2n) is 3.54. The van der Waals surface area contributed by atoms with Crippen molar-refractivity contribution in [1.82, 2.24) is 10.3 Å². The minimum atomic E-state index is -4.18. The average molecular weight is 262 g/mol. The summed E-state index contributed by atoms with van der Waals surface area (Å²) < 4.78 is 35.8. The SMILES string of the molecule is NC(=NO)c1ncccc1CNCCC(F)(F)F. The fourth-order valence-electron chi connectivity index (χ4n) is 1.31. The smallest absolute Gasteiger partial charge is 0.390 e. The number of pyridine rings is 1. The second-order valence-corrected chi connectivity index (χ2v) is 3.54. The van der Waals surface area contributed by atoms with E-state index >= 15 is 0 Å². The van der Waals surface area contributed by atoms with Crippen LogP contribution in [-0.4, -0.2) is 28.7 Å². The molecule has 0 saturated heterocycles. The Labute approximate surface area is 102 Å². The number of nitrogens with two attached hydrogens (primary N) is 1. The number of hydrogen-bond donors (Lipinski definition) is 3. The van der Waals surface area contributed by atoms with Crippen LogP contribution in [0.5, 0.6) is 0 Å². The van der Waals surface area contributed by atoms with Gasteiger partial charge in [-0.25, -0.2) is 0 Å². The van der Waals surface area contributed by atoms with Gasteiger partial charge in [0.25, 0.3) is 0 Å². The summed E-state index contributed by atoms with van der Waals surface area (Å²) in [6.07, 6.45) is -3.64. The lowest BCUT2D eigenvalue weighted by atomic mass is 10.2. The van der Waals surface area contributed by atoms with E-state index in [4.69, 9.17) is 10.9 Å². The summed E-state index contributed by atoms with van der Waals surface area (Å²) >= 11 is 0. The number of amidine groups is 1. The lowest BCUT2D eigenvalue weighted by Crippen LogP contribution is -2.24. The van der Waals surface area contributed by atoms with Crippen molar-refractivity contribution in [3.8, 4) is 0 Å². The quantitative estimate of drug-likeness (QED) is 0.245. The first-order valence-corrected chi connectivity index (χ1v) is 5.13. The van der Waals surface area contributed by atoms with Crippen LogP contribution < -0.4 is 11.1 Å². The van der Waals surface area contributed by atoms with E-state index in [9.17, 15) is 13.2 Å². The molecule has 0 saturated carbocycles. The molecule has 0 aromatic carbocycles. The largest absolute Gasteiger partial charge is 0.409 e. The van der Waals surface area contributed by atoms with Gasteiger partial charge in [0, 0.05) is 19.3 Å². The average Bonchev–Trinajstić information content (AvgIpc) is 2.33. The van der Waals surface area contributed by atoms with E-state index in [-0.39, 0.29) is 24.6 Å². The molecule has 1 aromatic rings. The highest BCUT2D eigenvalue weighted by molar-refractivity contribution is 5.96. The van der Waals surface area contributed by atoms with Crippen molar-refractivity contribution in [2.75, 3.05) is 6.54 Å². The van der Waals surface area contributed by atoms with Gasteiger partial charge in [-0.1, -0.05) is 11.2 Å². The molecule has 8 heteroatoms. The summed E-state index contributed by atoms with van der Waals surface area (Å²) in [7, 11) is 0. The molecule has 0 aliphatic carbocycles. The molecule has 0 aliphatic heterocycles. The molecule has 0 aliphatic rings. The van der Waals surface area contributed by atoms with Gasteiger partial charge in [0.15, 0.2) is 5.84 Å². The van der Waals surface area contributed by atoms with E-state index in [2.05, 4.69) is 15.5 Å². The van der Waals surface area contributed by atoms with Crippen LogP contribution in [0.25, 0.3) is 0 Å². The Kier molecular flexibility index (Phi) is 4.90. The Morgan fingerprint density at radius 1 is 1.50 bits per heavy atom. The normalized spacial score (nSPS) is 12.7. The van der Waals surface area contributed by atoms with Gasteiger partial charge < -0.3 is 16.3 Å².